The fraction of sp³-hybridized carbons (Fsp3) is 0.0476. The van der Waals surface area contributed by atoms with Crippen LogP contribution in [-0.2, 0) is 4.79 Å². The largest absolute Gasteiger partial charge is 0.494 e. The van der Waals surface area contributed by atoms with E-state index in [0.717, 1.165) is 5.56 Å². The third-order valence-electron chi connectivity index (χ3n) is 3.69. The lowest BCUT2D eigenvalue weighted by Gasteiger charge is -2.11. The van der Waals surface area contributed by atoms with Gasteiger partial charge in [-0.05, 0) is 35.2 Å². The summed E-state index contributed by atoms with van der Waals surface area (Å²) >= 11 is 1.36. The van der Waals surface area contributed by atoms with Gasteiger partial charge in [-0.3, -0.25) is 9.59 Å². The Labute approximate surface area is 161 Å². The first-order valence-corrected chi connectivity index (χ1v) is 9.10. The zero-order valence-corrected chi connectivity index (χ0v) is 15.5. The number of methoxy groups -OCH3 is 1. The van der Waals surface area contributed by atoms with Crippen molar-refractivity contribution in [1.29, 1.82) is 0 Å². The number of ether oxygens (including phenoxy) is 1. The molecule has 0 aliphatic carbocycles. The van der Waals surface area contributed by atoms with Crippen molar-refractivity contribution in [1.82, 2.24) is 0 Å². The first kappa shape index (κ1) is 18.4. The van der Waals surface area contributed by atoms with Crippen LogP contribution in [0.2, 0.25) is 0 Å². The van der Waals surface area contributed by atoms with Crippen LogP contribution in [0.3, 0.4) is 0 Å². The van der Waals surface area contributed by atoms with E-state index in [1.165, 1.54) is 24.5 Å². The van der Waals surface area contributed by atoms with Gasteiger partial charge in [-0.25, -0.2) is 0 Å². The van der Waals surface area contributed by atoms with Gasteiger partial charge in [0.25, 0.3) is 5.91 Å². The number of benzene rings is 2. The van der Waals surface area contributed by atoms with Crippen molar-refractivity contribution < 1.29 is 14.3 Å². The van der Waals surface area contributed by atoms with E-state index in [1.807, 2.05) is 41.8 Å². The quantitative estimate of drug-likeness (QED) is 0.613. The van der Waals surface area contributed by atoms with Crippen LogP contribution in [0.4, 0.5) is 11.4 Å². The second-order valence-corrected chi connectivity index (χ2v) is 6.53. The van der Waals surface area contributed by atoms with Gasteiger partial charge in [-0.1, -0.05) is 36.4 Å². The first-order chi connectivity index (χ1) is 13.2. The molecule has 1 heterocycles. The summed E-state index contributed by atoms with van der Waals surface area (Å²) in [5, 5.41) is 7.43. The minimum Gasteiger partial charge on any atom is -0.494 e. The number of thiophene rings is 1. The van der Waals surface area contributed by atoms with Gasteiger partial charge in [0.15, 0.2) is 0 Å². The second-order valence-electron chi connectivity index (χ2n) is 5.58. The maximum absolute atomic E-state index is 12.2. The molecule has 0 aliphatic rings. The molecule has 5 nitrogen and oxygen atoms in total. The van der Waals surface area contributed by atoms with E-state index in [2.05, 4.69) is 10.6 Å². The Morgan fingerprint density at radius 3 is 2.52 bits per heavy atom. The molecular weight excluding hydrogens is 360 g/mol. The Balaban J connectivity index is 1.67. The lowest BCUT2D eigenvalue weighted by Crippen LogP contribution is -2.12. The van der Waals surface area contributed by atoms with Crippen LogP contribution in [0.15, 0.2) is 72.1 Å². The molecule has 0 radical (unpaired) electrons. The molecule has 6 heteroatoms. The average molecular weight is 378 g/mol. The molecule has 2 N–H and O–H groups in total. The summed E-state index contributed by atoms with van der Waals surface area (Å²) in [6.45, 7) is 0. The van der Waals surface area contributed by atoms with Crippen molar-refractivity contribution in [2.24, 2.45) is 0 Å². The summed E-state index contributed by atoms with van der Waals surface area (Å²) in [6.07, 6.45) is 3.20. The highest BCUT2D eigenvalue weighted by Gasteiger charge is 2.11. The van der Waals surface area contributed by atoms with E-state index in [0.29, 0.717) is 22.0 Å². The van der Waals surface area contributed by atoms with Crippen LogP contribution in [0.5, 0.6) is 5.75 Å². The molecule has 0 spiro atoms. The van der Waals surface area contributed by atoms with Gasteiger partial charge in [0, 0.05) is 17.8 Å². The predicted molar refractivity (Wildman–Crippen MR) is 109 cm³/mol. The third-order valence-corrected chi connectivity index (χ3v) is 4.56. The number of hydrogen-bond donors (Lipinski definition) is 2. The van der Waals surface area contributed by atoms with Crippen molar-refractivity contribution in [3.63, 3.8) is 0 Å². The highest BCUT2D eigenvalue weighted by atomic mass is 32.1. The molecule has 2 aromatic carbocycles. The van der Waals surface area contributed by atoms with Gasteiger partial charge in [0.1, 0.15) is 5.75 Å². The number of carbonyl (C=O) groups excluding carboxylic acids is 2. The summed E-state index contributed by atoms with van der Waals surface area (Å²) in [6, 6.07) is 18.2. The SMILES string of the molecule is COc1cc(NC(=O)/C=C/c2ccccc2)ccc1NC(=O)c1cccs1. The zero-order chi connectivity index (χ0) is 19.1. The van der Waals surface area contributed by atoms with E-state index in [-0.39, 0.29) is 11.8 Å². The predicted octanol–water partition coefficient (Wildman–Crippen LogP) is 4.66. The summed E-state index contributed by atoms with van der Waals surface area (Å²) in [5.41, 5.74) is 2.05. The lowest BCUT2D eigenvalue weighted by molar-refractivity contribution is -0.111. The molecular formula is C21H18N2O3S. The van der Waals surface area contributed by atoms with Crippen LogP contribution >= 0.6 is 11.3 Å². The van der Waals surface area contributed by atoms with E-state index >= 15 is 0 Å². The van der Waals surface area contributed by atoms with Crippen molar-refractivity contribution in [2.45, 2.75) is 0 Å². The Morgan fingerprint density at radius 2 is 1.81 bits per heavy atom. The van der Waals surface area contributed by atoms with E-state index in [9.17, 15) is 9.59 Å². The van der Waals surface area contributed by atoms with E-state index < -0.39 is 0 Å². The molecule has 1 aromatic heterocycles. The van der Waals surface area contributed by atoms with Gasteiger partial charge in [0.05, 0.1) is 17.7 Å². The topological polar surface area (TPSA) is 67.4 Å². The molecule has 0 bridgehead atoms. The number of carbonyl (C=O) groups is 2. The maximum Gasteiger partial charge on any atom is 0.265 e. The second kappa shape index (κ2) is 8.82. The number of rotatable bonds is 6. The highest BCUT2D eigenvalue weighted by Crippen LogP contribution is 2.28. The van der Waals surface area contributed by atoms with Crippen LogP contribution in [-0.4, -0.2) is 18.9 Å². The van der Waals surface area contributed by atoms with E-state index in [1.54, 1.807) is 30.3 Å². The van der Waals surface area contributed by atoms with Crippen LogP contribution in [0.1, 0.15) is 15.2 Å². The Kier molecular flexibility index (Phi) is 6.02. The Bertz CT molecular complexity index is 951. The van der Waals surface area contributed by atoms with Crippen molar-refractivity contribution in [3.8, 4) is 5.75 Å². The summed E-state index contributed by atoms with van der Waals surface area (Å²) in [5.74, 6) is 0.00639. The molecule has 27 heavy (non-hydrogen) atoms. The highest BCUT2D eigenvalue weighted by molar-refractivity contribution is 7.12. The molecule has 0 fully saturated rings. The third kappa shape index (κ3) is 5.05. The van der Waals surface area contributed by atoms with Crippen LogP contribution < -0.4 is 15.4 Å². The monoisotopic (exact) mass is 378 g/mol. The summed E-state index contributed by atoms with van der Waals surface area (Å²) in [7, 11) is 1.51. The van der Waals surface area contributed by atoms with Crippen LogP contribution in [0.25, 0.3) is 6.08 Å². The number of hydrogen-bond acceptors (Lipinski definition) is 4. The van der Waals surface area contributed by atoms with Crippen molar-refractivity contribution in [3.05, 3.63) is 82.6 Å². The number of anilines is 2. The molecule has 0 saturated carbocycles. The first-order valence-electron chi connectivity index (χ1n) is 8.23. The fourth-order valence-electron chi connectivity index (χ4n) is 2.38. The van der Waals surface area contributed by atoms with Crippen molar-refractivity contribution >= 4 is 40.6 Å². The van der Waals surface area contributed by atoms with Gasteiger partial charge in [0.2, 0.25) is 5.91 Å². The standard InChI is InChI=1S/C21H18N2O3S/c1-26-18-14-16(22-20(24)12-9-15-6-3-2-4-7-15)10-11-17(18)23-21(25)19-8-5-13-27-19/h2-14H,1H3,(H,22,24)(H,23,25)/b12-9+. The fourth-order valence-corrected chi connectivity index (χ4v) is 3.00. The summed E-state index contributed by atoms with van der Waals surface area (Å²) < 4.78 is 5.33. The van der Waals surface area contributed by atoms with Gasteiger partial charge >= 0.3 is 0 Å². The number of nitrogens with one attached hydrogen (secondary N) is 2. The minimum absolute atomic E-state index is 0.203. The van der Waals surface area contributed by atoms with E-state index in [4.69, 9.17) is 4.74 Å². The average Bonchev–Trinajstić information content (AvgIpc) is 3.23. The minimum atomic E-state index is -0.253. The molecule has 0 saturated heterocycles. The van der Waals surface area contributed by atoms with Gasteiger partial charge in [-0.2, -0.15) is 0 Å². The molecule has 0 aliphatic heterocycles. The molecule has 2 amide bonds. The number of amides is 2. The molecule has 0 atom stereocenters. The molecule has 3 rings (SSSR count). The summed E-state index contributed by atoms with van der Waals surface area (Å²) in [4.78, 5) is 24.9. The van der Waals surface area contributed by atoms with Crippen molar-refractivity contribution in [2.75, 3.05) is 17.7 Å². The smallest absolute Gasteiger partial charge is 0.265 e. The Hall–Kier alpha value is -3.38. The maximum atomic E-state index is 12.2. The normalized spacial score (nSPS) is 10.6. The molecule has 0 unspecified atom stereocenters. The lowest BCUT2D eigenvalue weighted by atomic mass is 10.2. The van der Waals surface area contributed by atoms with Gasteiger partial charge in [-0.15, -0.1) is 11.3 Å². The molecule has 3 aromatic rings. The Morgan fingerprint density at radius 1 is 1.00 bits per heavy atom. The zero-order valence-electron chi connectivity index (χ0n) is 14.6. The van der Waals surface area contributed by atoms with Crippen LogP contribution in [0, 0.1) is 0 Å². The molecule has 136 valence electrons. The van der Waals surface area contributed by atoms with Gasteiger partial charge < -0.3 is 15.4 Å².